The lowest BCUT2D eigenvalue weighted by Crippen LogP contribution is -1.95. The predicted octanol–water partition coefficient (Wildman–Crippen LogP) is 11.3. The molecule has 0 aliphatic rings. The highest BCUT2D eigenvalue weighted by Gasteiger charge is 2.15. The van der Waals surface area contributed by atoms with Crippen molar-refractivity contribution in [1.82, 2.24) is 0 Å². The number of nitrogens with zero attached hydrogens (tertiary/aromatic N) is 2. The van der Waals surface area contributed by atoms with Crippen molar-refractivity contribution in [3.8, 4) is 33.8 Å². The van der Waals surface area contributed by atoms with Gasteiger partial charge in [0.1, 0.15) is 11.5 Å². The normalized spacial score (nSPS) is 11.9. The number of phenols is 2. The van der Waals surface area contributed by atoms with Crippen molar-refractivity contribution in [2.45, 2.75) is 39.5 Å². The molecule has 0 fully saturated rings. The van der Waals surface area contributed by atoms with Crippen LogP contribution in [0.3, 0.4) is 0 Å². The number of hydrogen-bond acceptors (Lipinski definition) is 4. The first-order valence-electron chi connectivity index (χ1n) is 15.7. The summed E-state index contributed by atoms with van der Waals surface area (Å²) in [6.07, 6.45) is 3.49. The quantitative estimate of drug-likeness (QED) is 0.170. The van der Waals surface area contributed by atoms with E-state index in [0.29, 0.717) is 11.1 Å². The maximum Gasteiger partial charge on any atom is 0.127 e. The molecule has 228 valence electrons. The zero-order chi connectivity index (χ0) is 32.2. The van der Waals surface area contributed by atoms with Gasteiger partial charge in [-0.05, 0) is 87.0 Å². The van der Waals surface area contributed by atoms with E-state index in [9.17, 15) is 10.2 Å². The Labute approximate surface area is 271 Å². The Hall–Kier alpha value is -5.48. The van der Waals surface area contributed by atoms with Crippen molar-refractivity contribution >= 4 is 34.6 Å². The van der Waals surface area contributed by atoms with Crippen LogP contribution in [0.25, 0.3) is 33.0 Å². The van der Waals surface area contributed by atoms with Crippen molar-refractivity contribution in [3.05, 3.63) is 144 Å². The number of hydrogen-bond donors (Lipinski definition) is 2. The van der Waals surface area contributed by atoms with Crippen molar-refractivity contribution in [3.63, 3.8) is 0 Å². The van der Waals surface area contributed by atoms with Crippen molar-refractivity contribution in [1.29, 1.82) is 0 Å². The van der Waals surface area contributed by atoms with E-state index in [4.69, 9.17) is 9.98 Å². The van der Waals surface area contributed by atoms with Crippen molar-refractivity contribution < 1.29 is 10.2 Å². The SMILES string of the molecule is CC(C)c1cc(-c2ccccc2)cc(C=Nc2cccc3cccc(N=Cc4cc(-c5ccccc5)cc(C(C)C)c4O)c23)c1O. The highest BCUT2D eigenvalue weighted by molar-refractivity contribution is 6.04. The van der Waals surface area contributed by atoms with Gasteiger partial charge in [0.2, 0.25) is 0 Å². The van der Waals surface area contributed by atoms with Crippen LogP contribution in [0.5, 0.6) is 11.5 Å². The molecule has 0 radical (unpaired) electrons. The van der Waals surface area contributed by atoms with Gasteiger partial charge in [-0.2, -0.15) is 0 Å². The van der Waals surface area contributed by atoms with E-state index in [-0.39, 0.29) is 23.3 Å². The predicted molar refractivity (Wildman–Crippen MR) is 194 cm³/mol. The summed E-state index contributed by atoms with van der Waals surface area (Å²) >= 11 is 0. The highest BCUT2D eigenvalue weighted by atomic mass is 16.3. The first kappa shape index (κ1) is 30.5. The third-order valence-electron chi connectivity index (χ3n) is 8.34. The summed E-state index contributed by atoms with van der Waals surface area (Å²) in [7, 11) is 0. The molecule has 2 N–H and O–H groups in total. The van der Waals surface area contributed by atoms with Gasteiger partial charge in [-0.15, -0.1) is 0 Å². The Kier molecular flexibility index (Phi) is 8.80. The Morgan fingerprint density at radius 1 is 0.478 bits per heavy atom. The maximum atomic E-state index is 11.2. The van der Waals surface area contributed by atoms with Crippen LogP contribution in [0.1, 0.15) is 61.8 Å². The topological polar surface area (TPSA) is 65.2 Å². The summed E-state index contributed by atoms with van der Waals surface area (Å²) < 4.78 is 0. The lowest BCUT2D eigenvalue weighted by atomic mass is 9.93. The molecule has 0 saturated heterocycles. The van der Waals surface area contributed by atoms with Gasteiger partial charge in [-0.3, -0.25) is 9.98 Å². The van der Waals surface area contributed by atoms with Crippen LogP contribution in [-0.2, 0) is 0 Å². The molecule has 0 atom stereocenters. The van der Waals surface area contributed by atoms with Gasteiger partial charge in [0.25, 0.3) is 0 Å². The van der Waals surface area contributed by atoms with Gasteiger partial charge in [0.05, 0.1) is 11.4 Å². The van der Waals surface area contributed by atoms with Crippen LogP contribution in [0.2, 0.25) is 0 Å². The second-order valence-corrected chi connectivity index (χ2v) is 12.2. The Morgan fingerprint density at radius 3 is 1.28 bits per heavy atom. The molecule has 6 rings (SSSR count). The standard InChI is InChI=1S/C42H38N2O2/c1-27(2)36-23-32(29-13-7-5-8-14-29)21-34(41(36)45)25-43-38-19-11-17-31-18-12-20-39(40(31)38)44-26-35-22-33(30-15-9-6-10-16-30)24-37(28(3)4)42(35)46/h5-28,45-46H,1-4H3. The lowest BCUT2D eigenvalue weighted by Gasteiger charge is -2.14. The zero-order valence-corrected chi connectivity index (χ0v) is 26.6. The molecular weight excluding hydrogens is 564 g/mol. The second-order valence-electron chi connectivity index (χ2n) is 12.2. The third-order valence-corrected chi connectivity index (χ3v) is 8.34. The minimum Gasteiger partial charge on any atom is -0.507 e. The second kappa shape index (κ2) is 13.3. The molecule has 0 heterocycles. The number of aromatic hydroxyl groups is 2. The van der Waals surface area contributed by atoms with Crippen molar-refractivity contribution in [2.75, 3.05) is 0 Å². The molecule has 4 heteroatoms. The molecule has 0 aliphatic heterocycles. The summed E-state index contributed by atoms with van der Waals surface area (Å²) in [5.74, 6) is 0.767. The summed E-state index contributed by atoms with van der Waals surface area (Å²) in [6.45, 7) is 8.32. The number of benzene rings is 6. The van der Waals surface area contributed by atoms with E-state index in [2.05, 4.69) is 64.1 Å². The summed E-state index contributed by atoms with van der Waals surface area (Å²) in [5.41, 5.74) is 8.79. The monoisotopic (exact) mass is 602 g/mol. The summed E-state index contributed by atoms with van der Waals surface area (Å²) in [6, 6.07) is 40.4. The minimum atomic E-state index is 0.141. The van der Waals surface area contributed by atoms with Gasteiger partial charge in [0, 0.05) is 28.9 Å². The fourth-order valence-corrected chi connectivity index (χ4v) is 5.83. The smallest absolute Gasteiger partial charge is 0.127 e. The van der Waals surface area contributed by atoms with Gasteiger partial charge in [0.15, 0.2) is 0 Å². The van der Waals surface area contributed by atoms with Gasteiger partial charge < -0.3 is 10.2 Å². The molecule has 46 heavy (non-hydrogen) atoms. The van der Waals surface area contributed by atoms with E-state index in [1.807, 2.05) is 84.9 Å². The molecule has 6 aromatic rings. The molecule has 0 bridgehead atoms. The van der Waals surface area contributed by atoms with E-state index in [1.54, 1.807) is 12.4 Å². The van der Waals surface area contributed by atoms with E-state index in [0.717, 1.165) is 55.5 Å². The Morgan fingerprint density at radius 2 is 0.891 bits per heavy atom. The largest absolute Gasteiger partial charge is 0.507 e. The third kappa shape index (κ3) is 6.33. The average Bonchev–Trinajstić information content (AvgIpc) is 3.07. The average molecular weight is 603 g/mol. The first-order valence-corrected chi connectivity index (χ1v) is 15.7. The molecule has 0 unspecified atom stereocenters. The number of phenolic OH excluding ortho intramolecular Hbond substituents is 2. The molecule has 0 amide bonds. The molecule has 0 saturated carbocycles. The van der Waals surface area contributed by atoms with Crippen LogP contribution in [0.15, 0.2) is 131 Å². The molecule has 0 aliphatic carbocycles. The van der Waals surface area contributed by atoms with Gasteiger partial charge >= 0.3 is 0 Å². The van der Waals surface area contributed by atoms with Crippen LogP contribution >= 0.6 is 0 Å². The number of aliphatic imine (C=N–C) groups is 2. The van der Waals surface area contributed by atoms with Crippen LogP contribution in [0.4, 0.5) is 11.4 Å². The van der Waals surface area contributed by atoms with Crippen LogP contribution < -0.4 is 0 Å². The van der Waals surface area contributed by atoms with E-state index >= 15 is 0 Å². The van der Waals surface area contributed by atoms with Crippen LogP contribution in [-0.4, -0.2) is 22.6 Å². The van der Waals surface area contributed by atoms with Gasteiger partial charge in [-0.25, -0.2) is 0 Å². The van der Waals surface area contributed by atoms with Crippen molar-refractivity contribution in [2.24, 2.45) is 9.98 Å². The highest BCUT2D eigenvalue weighted by Crippen LogP contribution is 2.38. The lowest BCUT2D eigenvalue weighted by molar-refractivity contribution is 0.463. The first-order chi connectivity index (χ1) is 22.3. The van der Waals surface area contributed by atoms with E-state index in [1.165, 1.54) is 0 Å². The number of fused-ring (bicyclic) bond motifs is 1. The molecule has 6 aromatic carbocycles. The Balaban J connectivity index is 1.43. The number of rotatable bonds is 8. The Bertz CT molecular complexity index is 1910. The minimum absolute atomic E-state index is 0.141. The molecule has 0 aromatic heterocycles. The fraction of sp³-hybridized carbons (Fsp3) is 0.143. The summed E-state index contributed by atoms with van der Waals surface area (Å²) in [4.78, 5) is 9.83. The van der Waals surface area contributed by atoms with Gasteiger partial charge in [-0.1, -0.05) is 113 Å². The van der Waals surface area contributed by atoms with E-state index < -0.39 is 0 Å². The summed E-state index contributed by atoms with van der Waals surface area (Å²) in [5, 5.41) is 24.4. The zero-order valence-electron chi connectivity index (χ0n) is 26.6. The fourth-order valence-electron chi connectivity index (χ4n) is 5.83. The maximum absolute atomic E-state index is 11.2. The molecule has 4 nitrogen and oxygen atoms in total. The van der Waals surface area contributed by atoms with Crippen LogP contribution in [0, 0.1) is 0 Å². The molecule has 0 spiro atoms. The molecular formula is C42H38N2O2.